The summed E-state index contributed by atoms with van der Waals surface area (Å²) < 4.78 is 0. The van der Waals surface area contributed by atoms with E-state index in [0.717, 1.165) is 5.92 Å². The maximum absolute atomic E-state index is 3.84. The summed E-state index contributed by atoms with van der Waals surface area (Å²) in [5.41, 5.74) is 6.81. The molecule has 0 bridgehead atoms. The predicted molar refractivity (Wildman–Crippen MR) is 96.2 cm³/mol. The van der Waals surface area contributed by atoms with Gasteiger partial charge in [0.15, 0.2) is 0 Å². The standard InChI is InChI=1S/C21H31N/c1-20(2,3)16-12-15-11-14-9-7-8-10-18(14)22-19(15)13-17(16)21(4,5)6/h7-10,15,19,22H,11-13H2,1-6H3. The van der Waals surface area contributed by atoms with Crippen molar-refractivity contribution < 1.29 is 0 Å². The first-order valence-corrected chi connectivity index (χ1v) is 8.73. The van der Waals surface area contributed by atoms with Crippen LogP contribution < -0.4 is 5.32 Å². The Balaban J connectivity index is 1.97. The van der Waals surface area contributed by atoms with Crippen molar-refractivity contribution in [3.63, 3.8) is 0 Å². The summed E-state index contributed by atoms with van der Waals surface area (Å²) in [6.45, 7) is 14.3. The molecule has 1 aliphatic heterocycles. The SMILES string of the molecule is CC(C)(C)C1=C(C(C)(C)C)CC2Nc3ccccc3CC2C1. The third kappa shape index (κ3) is 2.83. The first kappa shape index (κ1) is 15.6. The summed E-state index contributed by atoms with van der Waals surface area (Å²) in [6, 6.07) is 9.46. The summed E-state index contributed by atoms with van der Waals surface area (Å²) >= 11 is 0. The molecule has 0 radical (unpaired) electrons. The highest BCUT2D eigenvalue weighted by atomic mass is 14.9. The molecule has 120 valence electrons. The van der Waals surface area contributed by atoms with Crippen molar-refractivity contribution in [1.82, 2.24) is 0 Å². The Bertz CT molecular complexity index is 542. The number of benzene rings is 1. The molecule has 0 saturated carbocycles. The van der Waals surface area contributed by atoms with Crippen LogP contribution in [0, 0.1) is 16.7 Å². The fourth-order valence-corrected chi connectivity index (χ4v) is 4.26. The summed E-state index contributed by atoms with van der Waals surface area (Å²) in [5, 5.41) is 3.84. The Labute approximate surface area is 136 Å². The molecule has 1 aromatic rings. The van der Waals surface area contributed by atoms with Crippen molar-refractivity contribution in [3.8, 4) is 0 Å². The monoisotopic (exact) mass is 297 g/mol. The Kier molecular flexibility index (Phi) is 3.66. The van der Waals surface area contributed by atoms with Gasteiger partial charge in [0, 0.05) is 11.7 Å². The van der Waals surface area contributed by atoms with E-state index in [1.165, 1.54) is 30.5 Å². The Morgan fingerprint density at radius 1 is 0.818 bits per heavy atom. The minimum Gasteiger partial charge on any atom is -0.381 e. The second kappa shape index (κ2) is 5.15. The highest BCUT2D eigenvalue weighted by molar-refractivity contribution is 5.55. The van der Waals surface area contributed by atoms with E-state index in [1.54, 1.807) is 11.1 Å². The highest BCUT2D eigenvalue weighted by Gasteiger charge is 2.39. The third-order valence-corrected chi connectivity index (χ3v) is 5.47. The maximum atomic E-state index is 3.84. The van der Waals surface area contributed by atoms with Crippen LogP contribution in [-0.2, 0) is 6.42 Å². The van der Waals surface area contributed by atoms with Gasteiger partial charge in [0.2, 0.25) is 0 Å². The van der Waals surface area contributed by atoms with Crippen LogP contribution >= 0.6 is 0 Å². The topological polar surface area (TPSA) is 12.0 Å². The van der Waals surface area contributed by atoms with E-state index in [2.05, 4.69) is 71.1 Å². The molecule has 1 heteroatoms. The van der Waals surface area contributed by atoms with Crippen molar-refractivity contribution in [2.75, 3.05) is 5.32 Å². The second-order valence-electron chi connectivity index (χ2n) is 9.24. The van der Waals surface area contributed by atoms with Crippen LogP contribution in [-0.4, -0.2) is 6.04 Å². The number of nitrogens with one attached hydrogen (secondary N) is 1. The number of anilines is 1. The molecule has 1 nitrogen and oxygen atoms in total. The van der Waals surface area contributed by atoms with Crippen LogP contribution in [0.4, 0.5) is 5.69 Å². The number of allylic oxidation sites excluding steroid dienone is 1. The first-order chi connectivity index (χ1) is 10.2. The van der Waals surface area contributed by atoms with E-state index in [0.29, 0.717) is 6.04 Å². The number of rotatable bonds is 0. The largest absolute Gasteiger partial charge is 0.381 e. The minimum absolute atomic E-state index is 0.270. The lowest BCUT2D eigenvalue weighted by Gasteiger charge is -2.46. The molecule has 0 spiro atoms. The van der Waals surface area contributed by atoms with Gasteiger partial charge in [-0.3, -0.25) is 0 Å². The molecule has 2 unspecified atom stereocenters. The average Bonchev–Trinajstić information content (AvgIpc) is 2.41. The summed E-state index contributed by atoms with van der Waals surface area (Å²) in [5.74, 6) is 0.746. The van der Waals surface area contributed by atoms with E-state index in [1.807, 2.05) is 0 Å². The predicted octanol–water partition coefficient (Wildman–Crippen LogP) is 5.82. The molecule has 1 N–H and O–H groups in total. The van der Waals surface area contributed by atoms with Crippen LogP contribution in [0.3, 0.4) is 0 Å². The summed E-state index contributed by atoms with van der Waals surface area (Å²) in [6.07, 6.45) is 3.68. The van der Waals surface area contributed by atoms with Gasteiger partial charge in [0.25, 0.3) is 0 Å². The Morgan fingerprint density at radius 2 is 1.41 bits per heavy atom. The average molecular weight is 297 g/mol. The van der Waals surface area contributed by atoms with Crippen molar-refractivity contribution in [1.29, 1.82) is 0 Å². The number of fused-ring (bicyclic) bond motifs is 2. The van der Waals surface area contributed by atoms with Crippen LogP contribution in [0.2, 0.25) is 0 Å². The fraction of sp³-hybridized carbons (Fsp3) is 0.619. The highest BCUT2D eigenvalue weighted by Crippen LogP contribution is 2.48. The molecule has 2 aliphatic rings. The molecule has 3 rings (SSSR count). The Hall–Kier alpha value is -1.24. The van der Waals surface area contributed by atoms with Crippen LogP contribution in [0.1, 0.15) is 59.9 Å². The lowest BCUT2D eigenvalue weighted by Crippen LogP contribution is -2.41. The zero-order valence-electron chi connectivity index (χ0n) is 15.1. The minimum atomic E-state index is 0.270. The van der Waals surface area contributed by atoms with E-state index in [-0.39, 0.29) is 10.8 Å². The molecule has 22 heavy (non-hydrogen) atoms. The Morgan fingerprint density at radius 3 is 2.05 bits per heavy atom. The molecule has 2 atom stereocenters. The normalized spacial score (nSPS) is 25.4. The van der Waals surface area contributed by atoms with E-state index in [9.17, 15) is 0 Å². The van der Waals surface area contributed by atoms with Gasteiger partial charge in [-0.2, -0.15) is 0 Å². The van der Waals surface area contributed by atoms with Crippen molar-refractivity contribution >= 4 is 5.69 Å². The van der Waals surface area contributed by atoms with Crippen LogP contribution in [0.5, 0.6) is 0 Å². The maximum Gasteiger partial charge on any atom is 0.0375 e. The number of hydrogen-bond donors (Lipinski definition) is 1. The smallest absolute Gasteiger partial charge is 0.0375 e. The van der Waals surface area contributed by atoms with Crippen molar-refractivity contribution in [2.24, 2.45) is 16.7 Å². The second-order valence-corrected chi connectivity index (χ2v) is 9.24. The van der Waals surface area contributed by atoms with Gasteiger partial charge in [0.1, 0.15) is 0 Å². The van der Waals surface area contributed by atoms with E-state index >= 15 is 0 Å². The molecule has 1 aromatic carbocycles. The van der Waals surface area contributed by atoms with Crippen molar-refractivity contribution in [3.05, 3.63) is 41.0 Å². The molecule has 0 fully saturated rings. The van der Waals surface area contributed by atoms with Gasteiger partial charge >= 0.3 is 0 Å². The van der Waals surface area contributed by atoms with Gasteiger partial charge in [-0.1, -0.05) is 70.9 Å². The molecule has 0 saturated heterocycles. The number of para-hydroxylation sites is 1. The zero-order valence-corrected chi connectivity index (χ0v) is 15.1. The molecule has 0 aromatic heterocycles. The summed E-state index contributed by atoms with van der Waals surface area (Å²) in [7, 11) is 0. The molecular weight excluding hydrogens is 266 g/mol. The van der Waals surface area contributed by atoms with Crippen LogP contribution in [0.15, 0.2) is 35.4 Å². The van der Waals surface area contributed by atoms with Crippen LogP contribution in [0.25, 0.3) is 0 Å². The van der Waals surface area contributed by atoms with Crippen molar-refractivity contribution in [2.45, 2.75) is 66.8 Å². The van der Waals surface area contributed by atoms with Gasteiger partial charge in [-0.25, -0.2) is 0 Å². The van der Waals surface area contributed by atoms with Gasteiger partial charge in [0.05, 0.1) is 0 Å². The third-order valence-electron chi connectivity index (χ3n) is 5.47. The summed E-state index contributed by atoms with van der Waals surface area (Å²) in [4.78, 5) is 0. The molecular formula is C21H31N. The zero-order chi connectivity index (χ0) is 16.1. The lowest BCUT2D eigenvalue weighted by molar-refractivity contribution is 0.311. The molecule has 1 aliphatic carbocycles. The van der Waals surface area contributed by atoms with Gasteiger partial charge in [-0.05, 0) is 47.6 Å². The fourth-order valence-electron chi connectivity index (χ4n) is 4.26. The van der Waals surface area contributed by atoms with Gasteiger partial charge < -0.3 is 5.32 Å². The first-order valence-electron chi connectivity index (χ1n) is 8.73. The molecule has 0 amide bonds. The quantitative estimate of drug-likeness (QED) is 0.595. The molecule has 1 heterocycles. The lowest BCUT2D eigenvalue weighted by atomic mass is 9.63. The van der Waals surface area contributed by atoms with Gasteiger partial charge in [-0.15, -0.1) is 0 Å². The number of hydrogen-bond acceptors (Lipinski definition) is 1. The van der Waals surface area contributed by atoms with E-state index < -0.39 is 0 Å². The van der Waals surface area contributed by atoms with E-state index in [4.69, 9.17) is 0 Å².